The van der Waals surface area contributed by atoms with E-state index in [0.717, 1.165) is 24.9 Å². The van der Waals surface area contributed by atoms with Gasteiger partial charge in [-0.1, -0.05) is 19.1 Å². The molecule has 0 spiro atoms. The Morgan fingerprint density at radius 2 is 1.78 bits per heavy atom. The maximum atomic E-state index is 13.4. The highest BCUT2D eigenvalue weighted by Gasteiger charge is 2.58. The van der Waals surface area contributed by atoms with Crippen LogP contribution in [0, 0.1) is 0 Å². The van der Waals surface area contributed by atoms with Crippen LogP contribution in [0.4, 0.5) is 18.9 Å². The third kappa shape index (κ3) is 4.42. The minimum absolute atomic E-state index is 0.238. The maximum absolute atomic E-state index is 13.4. The summed E-state index contributed by atoms with van der Waals surface area (Å²) in [5, 5.41) is 2.63. The lowest BCUT2D eigenvalue weighted by atomic mass is 10.0. The summed E-state index contributed by atoms with van der Waals surface area (Å²) >= 11 is 1.47. The summed E-state index contributed by atoms with van der Waals surface area (Å²) in [5.41, 5.74) is 0.343. The third-order valence-corrected chi connectivity index (χ3v) is 4.69. The second kappa shape index (κ2) is 8.73. The topological polar surface area (TPSA) is 60.5 Å². The van der Waals surface area contributed by atoms with Gasteiger partial charge in [-0.2, -0.15) is 13.2 Å². The number of hydrogen-bond donors (Lipinski definition) is 1. The number of nitrogens with one attached hydrogen (secondary N) is 1. The molecule has 2 aromatic rings. The molecule has 0 bridgehead atoms. The Morgan fingerprint density at radius 1 is 1.15 bits per heavy atom. The van der Waals surface area contributed by atoms with E-state index in [1.54, 1.807) is 12.1 Å². The Kier molecular flexibility index (Phi) is 6.85. The molecule has 5 nitrogen and oxygen atoms in total. The van der Waals surface area contributed by atoms with E-state index in [0.29, 0.717) is 5.69 Å². The fourth-order valence-electron chi connectivity index (χ4n) is 2.51. The van der Waals surface area contributed by atoms with E-state index in [1.165, 1.54) is 42.2 Å². The number of carbonyl (C=O) groups is 1. The average Bonchev–Trinajstić information content (AvgIpc) is 2.64. The molecule has 0 saturated carbocycles. The van der Waals surface area contributed by atoms with Crippen molar-refractivity contribution in [3.05, 3.63) is 53.9 Å². The number of amides is 1. The minimum atomic E-state index is -4.78. The zero-order chi connectivity index (χ0) is 20.1. The number of methoxy groups -OCH3 is 2. The Balaban J connectivity index is 2.25. The molecule has 0 fully saturated rings. The molecule has 146 valence electrons. The van der Waals surface area contributed by atoms with Crippen LogP contribution >= 0.6 is 11.8 Å². The molecule has 0 aliphatic rings. The monoisotopic (exact) mass is 400 g/mol. The third-order valence-electron chi connectivity index (χ3n) is 3.76. The second-order valence-electron chi connectivity index (χ2n) is 5.34. The number of ether oxygens (including phenoxy) is 2. The van der Waals surface area contributed by atoms with Crippen LogP contribution in [0.1, 0.15) is 23.0 Å². The number of hydrogen-bond acceptors (Lipinski definition) is 5. The van der Waals surface area contributed by atoms with Crippen LogP contribution in [0.3, 0.4) is 0 Å². The quantitative estimate of drug-likeness (QED) is 0.550. The predicted octanol–water partition coefficient (Wildman–Crippen LogP) is 4.45. The fraction of sp³-hybridized carbons (Fsp3) is 0.333. The first kappa shape index (κ1) is 21.2. The number of nitrogens with zero attached hydrogens (tertiary/aromatic N) is 1. The molecule has 1 aromatic carbocycles. The van der Waals surface area contributed by atoms with Gasteiger partial charge in [0.1, 0.15) is 5.69 Å². The van der Waals surface area contributed by atoms with Crippen LogP contribution in [0.5, 0.6) is 0 Å². The van der Waals surface area contributed by atoms with E-state index in [4.69, 9.17) is 0 Å². The van der Waals surface area contributed by atoms with Gasteiger partial charge in [-0.25, -0.2) is 4.98 Å². The van der Waals surface area contributed by atoms with Crippen LogP contribution in [0.25, 0.3) is 0 Å². The summed E-state index contributed by atoms with van der Waals surface area (Å²) in [6, 6.07) is 8.60. The molecular weight excluding hydrogens is 381 g/mol. The summed E-state index contributed by atoms with van der Waals surface area (Å²) in [5.74, 6) is -2.55. The Morgan fingerprint density at radius 3 is 2.30 bits per heavy atom. The highest BCUT2D eigenvalue weighted by Crippen LogP contribution is 2.42. The molecule has 1 aromatic heterocycles. The van der Waals surface area contributed by atoms with Gasteiger partial charge in [0.15, 0.2) is 0 Å². The van der Waals surface area contributed by atoms with Gasteiger partial charge in [-0.05, 0) is 30.0 Å². The van der Waals surface area contributed by atoms with E-state index < -0.39 is 17.9 Å². The summed E-state index contributed by atoms with van der Waals surface area (Å²) in [4.78, 5) is 17.3. The van der Waals surface area contributed by atoms with Crippen molar-refractivity contribution in [1.29, 1.82) is 0 Å². The summed E-state index contributed by atoms with van der Waals surface area (Å²) in [6.45, 7) is 1.95. The van der Waals surface area contributed by atoms with Crippen LogP contribution in [0.15, 0.2) is 47.5 Å². The highest BCUT2D eigenvalue weighted by atomic mass is 32.2. The number of thioether (sulfide) groups is 1. The van der Waals surface area contributed by atoms with Crippen molar-refractivity contribution in [2.24, 2.45) is 0 Å². The molecular formula is C18H19F3N2O3S. The van der Waals surface area contributed by atoms with Crippen LogP contribution < -0.4 is 5.32 Å². The zero-order valence-electron chi connectivity index (χ0n) is 15.0. The summed E-state index contributed by atoms with van der Waals surface area (Å²) < 4.78 is 49.4. The molecule has 0 radical (unpaired) electrons. The standard InChI is InChI=1S/C18H19F3N2O3S/c1-4-27-14-6-5-11-22-15(14)16(24)23-13-9-7-12(8-10-13)17(25-2,26-3)18(19,20)21/h5-11H,4H2,1-3H3,(H,23,24). The molecule has 9 heteroatoms. The smallest absolute Gasteiger partial charge is 0.342 e. The molecule has 0 aliphatic carbocycles. The molecule has 1 amide bonds. The lowest BCUT2D eigenvalue weighted by molar-refractivity contribution is -0.376. The molecule has 0 unspecified atom stereocenters. The first-order valence-electron chi connectivity index (χ1n) is 7.95. The van der Waals surface area contributed by atoms with E-state index in [-0.39, 0.29) is 11.3 Å². The number of anilines is 1. The second-order valence-corrected chi connectivity index (χ2v) is 6.64. The summed E-state index contributed by atoms with van der Waals surface area (Å²) in [6.07, 6.45) is -3.27. The van der Waals surface area contributed by atoms with Crippen molar-refractivity contribution in [3.8, 4) is 0 Å². The van der Waals surface area contributed by atoms with Gasteiger partial charge in [0.25, 0.3) is 11.7 Å². The molecule has 0 atom stereocenters. The van der Waals surface area contributed by atoms with Gasteiger partial charge in [0, 0.05) is 36.6 Å². The van der Waals surface area contributed by atoms with Crippen molar-refractivity contribution in [2.45, 2.75) is 23.8 Å². The van der Waals surface area contributed by atoms with Gasteiger partial charge < -0.3 is 14.8 Å². The van der Waals surface area contributed by atoms with E-state index in [2.05, 4.69) is 19.8 Å². The number of benzene rings is 1. The molecule has 1 heterocycles. The zero-order valence-corrected chi connectivity index (χ0v) is 15.8. The Labute approximate surface area is 159 Å². The van der Waals surface area contributed by atoms with Crippen LogP contribution in [-0.4, -0.2) is 37.0 Å². The number of halogens is 3. The first-order valence-corrected chi connectivity index (χ1v) is 8.94. The maximum Gasteiger partial charge on any atom is 0.448 e. The van der Waals surface area contributed by atoms with E-state index >= 15 is 0 Å². The Hall–Kier alpha value is -2.10. The minimum Gasteiger partial charge on any atom is -0.342 e. The Bertz CT molecular complexity index is 778. The molecule has 0 aliphatic heterocycles. The number of aromatic nitrogens is 1. The van der Waals surface area contributed by atoms with Crippen molar-refractivity contribution in [2.75, 3.05) is 25.3 Å². The fourth-order valence-corrected chi connectivity index (χ4v) is 3.28. The van der Waals surface area contributed by atoms with Crippen molar-refractivity contribution in [1.82, 2.24) is 4.98 Å². The number of pyridine rings is 1. The first-order chi connectivity index (χ1) is 12.8. The predicted molar refractivity (Wildman–Crippen MR) is 96.8 cm³/mol. The number of rotatable bonds is 7. The highest BCUT2D eigenvalue weighted by molar-refractivity contribution is 7.99. The largest absolute Gasteiger partial charge is 0.448 e. The average molecular weight is 400 g/mol. The lowest BCUT2D eigenvalue weighted by Crippen LogP contribution is -2.45. The molecule has 2 rings (SSSR count). The van der Waals surface area contributed by atoms with Crippen LogP contribution in [-0.2, 0) is 15.3 Å². The molecule has 0 saturated heterocycles. The van der Waals surface area contributed by atoms with E-state index in [9.17, 15) is 18.0 Å². The summed E-state index contributed by atoms with van der Waals surface area (Å²) in [7, 11) is 1.83. The number of alkyl halides is 3. The van der Waals surface area contributed by atoms with Crippen LogP contribution in [0.2, 0.25) is 0 Å². The van der Waals surface area contributed by atoms with Crippen molar-refractivity contribution >= 4 is 23.4 Å². The molecule has 1 N–H and O–H groups in total. The molecule has 27 heavy (non-hydrogen) atoms. The number of carbonyl (C=O) groups excluding carboxylic acids is 1. The van der Waals surface area contributed by atoms with Crippen molar-refractivity contribution < 1.29 is 27.4 Å². The SMILES string of the molecule is CCSc1cccnc1C(=O)Nc1ccc(C(OC)(OC)C(F)(F)F)cc1. The van der Waals surface area contributed by atoms with Gasteiger partial charge in [0.2, 0.25) is 0 Å². The van der Waals surface area contributed by atoms with E-state index in [1.807, 2.05) is 6.92 Å². The lowest BCUT2D eigenvalue weighted by Gasteiger charge is -2.33. The van der Waals surface area contributed by atoms with Gasteiger partial charge >= 0.3 is 6.18 Å². The van der Waals surface area contributed by atoms with Gasteiger partial charge in [-0.3, -0.25) is 4.79 Å². The van der Waals surface area contributed by atoms with Crippen molar-refractivity contribution in [3.63, 3.8) is 0 Å². The van der Waals surface area contributed by atoms with Gasteiger partial charge in [0.05, 0.1) is 0 Å². The normalized spacial score (nSPS) is 12.1. The van der Waals surface area contributed by atoms with Gasteiger partial charge in [-0.15, -0.1) is 11.8 Å².